The maximum absolute atomic E-state index is 2.27. The molecule has 1 rings (SSSR count). The Labute approximate surface area is 86.8 Å². The standard InChI is InChI=1S/C10H15.HI/c1-3-4-5-10-7-6-9(2)8-10;/h6-8H,3-5H2,1-2H3;1H/q+1;/p-1. The molecule has 0 aliphatic heterocycles. The number of hydrogen-bond acceptors (Lipinski definition) is 0. The molecule has 0 saturated heterocycles. The third-order valence-corrected chi connectivity index (χ3v) is 1.79. The van der Waals surface area contributed by atoms with E-state index in [9.17, 15) is 0 Å². The summed E-state index contributed by atoms with van der Waals surface area (Å²) >= 11 is 0. The second-order valence-corrected chi connectivity index (χ2v) is 2.90. The third-order valence-electron chi connectivity index (χ3n) is 1.79. The molecule has 0 aromatic carbocycles. The molecule has 0 saturated carbocycles. The van der Waals surface area contributed by atoms with E-state index in [1.54, 1.807) is 0 Å². The van der Waals surface area contributed by atoms with Gasteiger partial charge >= 0.3 is 0 Å². The van der Waals surface area contributed by atoms with E-state index in [4.69, 9.17) is 0 Å². The number of halogens is 1. The molecule has 0 bridgehead atoms. The molecule has 0 aromatic rings. The summed E-state index contributed by atoms with van der Waals surface area (Å²) in [5.41, 5.74) is 1.50. The minimum atomic E-state index is 0. The van der Waals surface area contributed by atoms with Gasteiger partial charge in [0.1, 0.15) is 0 Å². The first kappa shape index (κ1) is 11.1. The van der Waals surface area contributed by atoms with Crippen LogP contribution in [0.15, 0.2) is 23.8 Å². The van der Waals surface area contributed by atoms with Gasteiger partial charge in [-0.2, -0.15) is 0 Å². The molecule has 0 heterocycles. The van der Waals surface area contributed by atoms with E-state index >= 15 is 0 Å². The van der Waals surface area contributed by atoms with Gasteiger partial charge in [-0.3, -0.25) is 0 Å². The summed E-state index contributed by atoms with van der Waals surface area (Å²) in [5.74, 6) is 1.39. The van der Waals surface area contributed by atoms with Crippen molar-refractivity contribution >= 4 is 0 Å². The average Bonchev–Trinajstić information content (AvgIpc) is 2.31. The quantitative estimate of drug-likeness (QED) is 0.506. The van der Waals surface area contributed by atoms with Gasteiger partial charge < -0.3 is 24.0 Å². The van der Waals surface area contributed by atoms with E-state index in [1.807, 2.05) is 0 Å². The molecule has 1 heteroatoms. The van der Waals surface area contributed by atoms with Crippen LogP contribution in [0.25, 0.3) is 0 Å². The molecule has 0 N–H and O–H groups in total. The van der Waals surface area contributed by atoms with Crippen LogP contribution in [0.1, 0.15) is 33.1 Å². The Hall–Kier alpha value is 0.0800. The fraction of sp³-hybridized carbons (Fsp3) is 0.500. The molecule has 0 atom stereocenters. The van der Waals surface area contributed by atoms with Crippen molar-refractivity contribution in [2.75, 3.05) is 0 Å². The van der Waals surface area contributed by atoms with E-state index in [1.165, 1.54) is 30.8 Å². The average molecular weight is 262 g/mol. The molecule has 1 aliphatic carbocycles. The van der Waals surface area contributed by atoms with Crippen molar-refractivity contribution < 1.29 is 24.0 Å². The van der Waals surface area contributed by atoms with E-state index in [-0.39, 0.29) is 24.0 Å². The summed E-state index contributed by atoms with van der Waals surface area (Å²) in [4.78, 5) is 0. The molecule has 0 amide bonds. The molecule has 62 valence electrons. The molecule has 0 unspecified atom stereocenters. The van der Waals surface area contributed by atoms with Crippen LogP contribution in [0, 0.1) is 5.92 Å². The molecule has 1 aliphatic rings. The van der Waals surface area contributed by atoms with Crippen molar-refractivity contribution in [2.24, 2.45) is 0 Å². The number of hydrogen-bond donors (Lipinski definition) is 0. The van der Waals surface area contributed by atoms with Crippen molar-refractivity contribution in [1.82, 2.24) is 0 Å². The Morgan fingerprint density at radius 2 is 2.18 bits per heavy atom. The second-order valence-electron chi connectivity index (χ2n) is 2.90. The van der Waals surface area contributed by atoms with E-state index in [0.29, 0.717) is 0 Å². The lowest BCUT2D eigenvalue weighted by Crippen LogP contribution is -3.00. The molecule has 0 radical (unpaired) electrons. The number of rotatable bonds is 3. The first-order chi connectivity index (χ1) is 4.83. The fourth-order valence-corrected chi connectivity index (χ4v) is 1.16. The van der Waals surface area contributed by atoms with Gasteiger partial charge in [0.05, 0.1) is 29.7 Å². The maximum Gasteiger partial charge on any atom is 0.0934 e. The summed E-state index contributed by atoms with van der Waals surface area (Å²) in [6, 6.07) is 0. The summed E-state index contributed by atoms with van der Waals surface area (Å²) in [6.45, 7) is 4.38. The lowest BCUT2D eigenvalue weighted by atomic mass is 10.1. The van der Waals surface area contributed by atoms with Crippen LogP contribution in [-0.2, 0) is 0 Å². The predicted molar refractivity (Wildman–Crippen MR) is 45.7 cm³/mol. The zero-order valence-electron chi connectivity index (χ0n) is 7.23. The highest BCUT2D eigenvalue weighted by atomic mass is 127. The van der Waals surface area contributed by atoms with Crippen LogP contribution in [-0.4, -0.2) is 0 Å². The number of unbranched alkanes of at least 4 members (excludes halogenated alkanes) is 1. The van der Waals surface area contributed by atoms with E-state index < -0.39 is 0 Å². The smallest absolute Gasteiger partial charge is 0.0934 e. The van der Waals surface area contributed by atoms with Crippen LogP contribution in [0.3, 0.4) is 0 Å². The predicted octanol–water partition coefficient (Wildman–Crippen LogP) is 0.271. The van der Waals surface area contributed by atoms with Crippen molar-refractivity contribution in [1.29, 1.82) is 0 Å². The van der Waals surface area contributed by atoms with E-state index in [0.717, 1.165) is 0 Å². The molecule has 0 nitrogen and oxygen atoms in total. The lowest BCUT2D eigenvalue weighted by molar-refractivity contribution is -0.00000221. The zero-order valence-corrected chi connectivity index (χ0v) is 9.39. The van der Waals surface area contributed by atoms with Gasteiger partial charge in [0.25, 0.3) is 0 Å². The van der Waals surface area contributed by atoms with Gasteiger partial charge in [0, 0.05) is 13.3 Å². The molecule has 11 heavy (non-hydrogen) atoms. The zero-order chi connectivity index (χ0) is 7.40. The van der Waals surface area contributed by atoms with Gasteiger partial charge in [0.15, 0.2) is 0 Å². The molecule has 0 fully saturated rings. The van der Waals surface area contributed by atoms with Crippen LogP contribution in [0.4, 0.5) is 0 Å². The van der Waals surface area contributed by atoms with Gasteiger partial charge in [-0.05, 0) is 6.42 Å². The Morgan fingerprint density at radius 3 is 2.64 bits per heavy atom. The molecular weight excluding hydrogens is 247 g/mol. The molecule has 0 spiro atoms. The van der Waals surface area contributed by atoms with Crippen LogP contribution < -0.4 is 24.0 Å². The van der Waals surface area contributed by atoms with Crippen molar-refractivity contribution in [3.05, 3.63) is 29.7 Å². The van der Waals surface area contributed by atoms with E-state index in [2.05, 4.69) is 32.1 Å². The SMILES string of the molecule is CCCCC1=C[C+](C)C=C1.[I-]. The first-order valence-electron chi connectivity index (χ1n) is 4.05. The van der Waals surface area contributed by atoms with Crippen molar-refractivity contribution in [3.8, 4) is 0 Å². The Kier molecular flexibility index (Phi) is 5.74. The maximum atomic E-state index is 2.27. The normalized spacial score (nSPS) is 14.7. The third kappa shape index (κ3) is 3.85. The van der Waals surface area contributed by atoms with Gasteiger partial charge in [-0.25, -0.2) is 0 Å². The molecular formula is C10H15I. The highest BCUT2D eigenvalue weighted by Gasteiger charge is 2.12. The number of allylic oxidation sites excluding steroid dienone is 4. The summed E-state index contributed by atoms with van der Waals surface area (Å²) in [5, 5.41) is 0. The Bertz CT molecular complexity index is 156. The topological polar surface area (TPSA) is 0 Å². The monoisotopic (exact) mass is 262 g/mol. The largest absolute Gasteiger partial charge is 1.00 e. The van der Waals surface area contributed by atoms with Crippen LogP contribution in [0.2, 0.25) is 0 Å². The summed E-state index contributed by atoms with van der Waals surface area (Å²) < 4.78 is 0. The lowest BCUT2D eigenvalue weighted by Gasteiger charge is -1.88. The highest BCUT2D eigenvalue weighted by molar-refractivity contribution is 5.39. The minimum absolute atomic E-state index is 0. The summed E-state index contributed by atoms with van der Waals surface area (Å²) in [6.07, 6.45) is 10.6. The van der Waals surface area contributed by atoms with Gasteiger partial charge in [-0.1, -0.05) is 13.3 Å². The first-order valence-corrected chi connectivity index (χ1v) is 4.05. The Morgan fingerprint density at radius 1 is 1.45 bits per heavy atom. The van der Waals surface area contributed by atoms with Gasteiger partial charge in [-0.15, -0.1) is 0 Å². The van der Waals surface area contributed by atoms with Crippen LogP contribution in [0.5, 0.6) is 0 Å². The minimum Gasteiger partial charge on any atom is -1.00 e. The fourth-order valence-electron chi connectivity index (χ4n) is 1.16. The molecule has 0 aromatic heterocycles. The highest BCUT2D eigenvalue weighted by Crippen LogP contribution is 2.20. The second kappa shape index (κ2) is 5.70. The Balaban J connectivity index is 0.000001000. The summed E-state index contributed by atoms with van der Waals surface area (Å²) in [7, 11) is 0. The van der Waals surface area contributed by atoms with Crippen molar-refractivity contribution in [2.45, 2.75) is 33.1 Å². The van der Waals surface area contributed by atoms with Crippen molar-refractivity contribution in [3.63, 3.8) is 0 Å². The van der Waals surface area contributed by atoms with Crippen LogP contribution >= 0.6 is 0 Å². The van der Waals surface area contributed by atoms with Gasteiger partial charge in [0.2, 0.25) is 0 Å².